The molecule has 0 saturated carbocycles. The highest BCUT2D eigenvalue weighted by Gasteiger charge is 2.30. The van der Waals surface area contributed by atoms with Crippen molar-refractivity contribution in [2.45, 2.75) is 18.5 Å². The van der Waals surface area contributed by atoms with Crippen molar-refractivity contribution >= 4 is 32.6 Å². The van der Waals surface area contributed by atoms with Crippen LogP contribution in [-0.4, -0.2) is 9.55 Å². The van der Waals surface area contributed by atoms with Crippen LogP contribution in [0.15, 0.2) is 164 Å². The van der Waals surface area contributed by atoms with Crippen molar-refractivity contribution in [3.63, 3.8) is 0 Å². The van der Waals surface area contributed by atoms with Crippen LogP contribution in [0.2, 0.25) is 0 Å². The second-order valence-electron chi connectivity index (χ2n) is 12.2. The summed E-state index contributed by atoms with van der Waals surface area (Å²) < 4.78 is 2.36. The highest BCUT2D eigenvalue weighted by Crippen LogP contribution is 2.38. The van der Waals surface area contributed by atoms with Crippen LogP contribution < -0.4 is 16.0 Å². The molecule has 0 bridgehead atoms. The summed E-state index contributed by atoms with van der Waals surface area (Å²) in [7, 11) is 0. The number of nitrogens with one attached hydrogen (secondary N) is 3. The first-order valence-electron chi connectivity index (χ1n) is 16.2. The summed E-state index contributed by atoms with van der Waals surface area (Å²) in [6.45, 7) is 0. The molecule has 3 heterocycles. The van der Waals surface area contributed by atoms with Gasteiger partial charge in [0.05, 0.1) is 40.9 Å². The van der Waals surface area contributed by atoms with Gasteiger partial charge in [0.1, 0.15) is 6.17 Å². The maximum absolute atomic E-state index is 5.10. The fourth-order valence-corrected chi connectivity index (χ4v) is 7.07. The van der Waals surface area contributed by atoms with Gasteiger partial charge in [0, 0.05) is 10.8 Å². The van der Waals surface area contributed by atoms with Gasteiger partial charge in [-0.1, -0.05) is 133 Å². The minimum absolute atomic E-state index is 0.0452. The van der Waals surface area contributed by atoms with Gasteiger partial charge in [-0.3, -0.25) is 20.9 Å². The van der Waals surface area contributed by atoms with Gasteiger partial charge in [-0.2, -0.15) is 0 Å². The fourth-order valence-electron chi connectivity index (χ4n) is 7.07. The normalized spacial score (nSPS) is 18.2. The van der Waals surface area contributed by atoms with E-state index in [4.69, 9.17) is 4.98 Å². The Morgan fingerprint density at radius 1 is 0.468 bits per heavy atom. The molecule has 1 aliphatic rings. The van der Waals surface area contributed by atoms with E-state index in [1.807, 2.05) is 6.20 Å². The van der Waals surface area contributed by atoms with Crippen molar-refractivity contribution in [1.29, 1.82) is 0 Å². The Labute approximate surface area is 273 Å². The molecule has 0 aliphatic carbocycles. The second-order valence-corrected chi connectivity index (χ2v) is 12.2. The Morgan fingerprint density at radius 3 is 1.79 bits per heavy atom. The van der Waals surface area contributed by atoms with Gasteiger partial charge >= 0.3 is 0 Å². The Kier molecular flexibility index (Phi) is 6.86. The summed E-state index contributed by atoms with van der Waals surface area (Å²) in [5, 5.41) is 16.2. The zero-order valence-electron chi connectivity index (χ0n) is 25.7. The van der Waals surface area contributed by atoms with Gasteiger partial charge in [-0.25, -0.2) is 0 Å². The third kappa shape index (κ3) is 4.98. The van der Waals surface area contributed by atoms with E-state index in [0.29, 0.717) is 0 Å². The minimum Gasteiger partial charge on any atom is -0.308 e. The van der Waals surface area contributed by atoms with E-state index in [-0.39, 0.29) is 18.5 Å². The third-order valence-corrected chi connectivity index (χ3v) is 9.35. The van der Waals surface area contributed by atoms with Crippen molar-refractivity contribution in [1.82, 2.24) is 25.5 Å². The van der Waals surface area contributed by atoms with E-state index >= 15 is 0 Å². The number of nitrogens with zero attached hydrogens (tertiary/aromatic N) is 2. The Balaban J connectivity index is 1.15. The first-order valence-corrected chi connectivity index (χ1v) is 16.2. The van der Waals surface area contributed by atoms with Crippen molar-refractivity contribution in [3.8, 4) is 16.8 Å². The van der Waals surface area contributed by atoms with Gasteiger partial charge in [-0.05, 0) is 57.3 Å². The quantitative estimate of drug-likeness (QED) is 0.183. The molecule has 0 amide bonds. The molecule has 47 heavy (non-hydrogen) atoms. The first kappa shape index (κ1) is 27.7. The van der Waals surface area contributed by atoms with E-state index in [9.17, 15) is 0 Å². The highest BCUT2D eigenvalue weighted by atomic mass is 15.4. The molecule has 1 fully saturated rings. The topological polar surface area (TPSA) is 53.9 Å². The van der Waals surface area contributed by atoms with E-state index in [0.717, 1.165) is 11.4 Å². The van der Waals surface area contributed by atoms with E-state index in [1.165, 1.54) is 54.8 Å². The van der Waals surface area contributed by atoms with Crippen LogP contribution in [0.5, 0.6) is 0 Å². The zero-order valence-corrected chi connectivity index (χ0v) is 25.7. The molecule has 2 atom stereocenters. The molecule has 226 valence electrons. The summed E-state index contributed by atoms with van der Waals surface area (Å²) >= 11 is 0. The lowest BCUT2D eigenvalue weighted by Gasteiger charge is -2.39. The number of aromatic nitrogens is 2. The standard InChI is InChI=1S/C42H33N5/c1-4-12-28(13-5-1)32-20-23-35-38(26-32)47(37-25-21-29-14-10-11-19-34(29)39(35)37)33-22-24-36(43-27-33)42-45-40(30-15-6-2-7-16-30)44-41(46-42)31-17-8-3-9-18-31/h1-27,40-42,44-46H. The lowest BCUT2D eigenvalue weighted by Crippen LogP contribution is -2.54. The third-order valence-electron chi connectivity index (χ3n) is 9.35. The van der Waals surface area contributed by atoms with Crippen molar-refractivity contribution in [2.75, 3.05) is 0 Å². The number of hydrogen-bond donors (Lipinski definition) is 3. The van der Waals surface area contributed by atoms with Crippen LogP contribution in [0.3, 0.4) is 0 Å². The molecule has 6 aromatic carbocycles. The lowest BCUT2D eigenvalue weighted by molar-refractivity contribution is 0.200. The Hall–Kier alpha value is -5.59. The number of hydrogen-bond acceptors (Lipinski definition) is 4. The van der Waals surface area contributed by atoms with Crippen LogP contribution in [0.4, 0.5) is 0 Å². The monoisotopic (exact) mass is 607 g/mol. The number of rotatable bonds is 5. The van der Waals surface area contributed by atoms with Crippen molar-refractivity contribution < 1.29 is 0 Å². The van der Waals surface area contributed by atoms with Crippen molar-refractivity contribution in [3.05, 3.63) is 181 Å². The summed E-state index contributed by atoms with van der Waals surface area (Å²) in [6, 6.07) is 56.0. The average Bonchev–Trinajstić information content (AvgIpc) is 3.50. The van der Waals surface area contributed by atoms with E-state index in [2.05, 4.69) is 178 Å². The first-order chi connectivity index (χ1) is 23.3. The maximum Gasteiger partial charge on any atom is 0.104 e. The molecule has 5 nitrogen and oxygen atoms in total. The Morgan fingerprint density at radius 2 is 1.11 bits per heavy atom. The van der Waals surface area contributed by atoms with Gasteiger partial charge < -0.3 is 4.57 Å². The van der Waals surface area contributed by atoms with E-state index in [1.54, 1.807) is 0 Å². The molecular weight excluding hydrogens is 574 g/mol. The molecule has 3 N–H and O–H groups in total. The van der Waals surface area contributed by atoms with Gasteiger partial charge in [0.25, 0.3) is 0 Å². The molecule has 1 saturated heterocycles. The largest absolute Gasteiger partial charge is 0.308 e. The predicted molar refractivity (Wildman–Crippen MR) is 192 cm³/mol. The molecule has 8 aromatic rings. The van der Waals surface area contributed by atoms with Crippen LogP contribution in [0.1, 0.15) is 35.3 Å². The number of benzene rings is 6. The van der Waals surface area contributed by atoms with Crippen molar-refractivity contribution in [2.24, 2.45) is 0 Å². The Bertz CT molecular complexity index is 2280. The molecular formula is C42H33N5. The second kappa shape index (κ2) is 11.6. The van der Waals surface area contributed by atoms with Crippen LogP contribution in [-0.2, 0) is 0 Å². The van der Waals surface area contributed by atoms with Gasteiger partial charge in [-0.15, -0.1) is 0 Å². The van der Waals surface area contributed by atoms with Crippen LogP contribution in [0.25, 0.3) is 49.4 Å². The number of pyridine rings is 1. The molecule has 2 unspecified atom stereocenters. The van der Waals surface area contributed by atoms with E-state index < -0.39 is 0 Å². The van der Waals surface area contributed by atoms with Gasteiger partial charge in [0.2, 0.25) is 0 Å². The van der Waals surface area contributed by atoms with Crippen LogP contribution in [0, 0.1) is 0 Å². The molecule has 1 aliphatic heterocycles. The number of fused-ring (bicyclic) bond motifs is 5. The van der Waals surface area contributed by atoms with Crippen LogP contribution >= 0.6 is 0 Å². The average molecular weight is 608 g/mol. The summed E-state index contributed by atoms with van der Waals surface area (Å²) in [5.41, 5.74) is 9.07. The molecule has 0 spiro atoms. The molecule has 0 radical (unpaired) electrons. The molecule has 9 rings (SSSR count). The minimum atomic E-state index is -0.160. The SMILES string of the molecule is c1ccc(-c2ccc3c4c5ccccc5ccc4n(-c4ccc(C5NC(c6ccccc6)NC(c6ccccc6)N5)nc4)c3c2)cc1. The highest BCUT2D eigenvalue weighted by molar-refractivity contribution is 6.21. The summed E-state index contributed by atoms with van der Waals surface area (Å²) in [4.78, 5) is 5.10. The maximum atomic E-state index is 5.10. The molecule has 5 heteroatoms. The zero-order chi connectivity index (χ0) is 31.2. The fraction of sp³-hybridized carbons (Fsp3) is 0.0714. The molecule has 2 aromatic heterocycles. The predicted octanol–water partition coefficient (Wildman–Crippen LogP) is 9.18. The lowest BCUT2D eigenvalue weighted by atomic mass is 10.0. The summed E-state index contributed by atoms with van der Waals surface area (Å²) in [5.74, 6) is 0. The smallest absolute Gasteiger partial charge is 0.104 e. The van der Waals surface area contributed by atoms with Gasteiger partial charge in [0.15, 0.2) is 0 Å². The summed E-state index contributed by atoms with van der Waals surface area (Å²) in [6.07, 6.45) is 1.76.